The molecule has 0 saturated carbocycles. The van der Waals surface area contributed by atoms with E-state index in [0.29, 0.717) is 17.5 Å². The van der Waals surface area contributed by atoms with Gasteiger partial charge in [-0.2, -0.15) is 0 Å². The fraction of sp³-hybridized carbons (Fsp3) is 0. The predicted molar refractivity (Wildman–Crippen MR) is 229 cm³/mol. The van der Waals surface area contributed by atoms with Gasteiger partial charge < -0.3 is 8.98 Å². The number of hydrogen-bond acceptors (Lipinski definition) is 4. The summed E-state index contributed by atoms with van der Waals surface area (Å²) in [6.45, 7) is 0. The van der Waals surface area contributed by atoms with Crippen molar-refractivity contribution >= 4 is 43.7 Å². The molecule has 0 N–H and O–H groups in total. The summed E-state index contributed by atoms with van der Waals surface area (Å²) in [5, 5.41) is 4.52. The highest BCUT2D eigenvalue weighted by Gasteiger charge is 2.20. The summed E-state index contributed by atoms with van der Waals surface area (Å²) in [6, 6.07) is 67.4. The van der Waals surface area contributed by atoms with Gasteiger partial charge in [-0.25, -0.2) is 15.0 Å². The van der Waals surface area contributed by atoms with Gasteiger partial charge in [0.05, 0.1) is 11.0 Å². The standard InChI is InChI=1S/C51H32N4O/c1-4-15-33(16-5-1)36-21-14-22-37(29-36)50-52-49(35-19-8-3-9-20-35)53-51(54-50)38-27-28-42-44-32-39(31-43(34-17-6-2-7-18-34)48(44)56-47(42)30-38)55-45-25-12-10-23-40(45)41-24-11-13-26-46(41)55/h1-32H. The van der Waals surface area contributed by atoms with Crippen LogP contribution in [-0.2, 0) is 0 Å². The fourth-order valence-electron chi connectivity index (χ4n) is 7.98. The average molecular weight is 717 g/mol. The van der Waals surface area contributed by atoms with Crippen molar-refractivity contribution in [2.45, 2.75) is 0 Å². The normalized spacial score (nSPS) is 11.6. The Morgan fingerprint density at radius 2 is 0.857 bits per heavy atom. The van der Waals surface area contributed by atoms with E-state index >= 15 is 0 Å². The third-order valence-electron chi connectivity index (χ3n) is 10.6. The molecule has 0 amide bonds. The van der Waals surface area contributed by atoms with E-state index < -0.39 is 0 Å². The molecule has 11 rings (SSSR count). The molecule has 0 aliphatic heterocycles. The van der Waals surface area contributed by atoms with Crippen molar-refractivity contribution in [3.8, 4) is 62.1 Å². The summed E-state index contributed by atoms with van der Waals surface area (Å²) in [5.74, 6) is 1.80. The Labute approximate surface area is 322 Å². The first-order valence-electron chi connectivity index (χ1n) is 18.8. The van der Waals surface area contributed by atoms with E-state index in [1.807, 2.05) is 42.5 Å². The second kappa shape index (κ2) is 13.0. The van der Waals surface area contributed by atoms with Crippen LogP contribution in [0.3, 0.4) is 0 Å². The maximum atomic E-state index is 6.86. The van der Waals surface area contributed by atoms with E-state index in [0.717, 1.165) is 77.6 Å². The van der Waals surface area contributed by atoms with Crippen LogP contribution in [0.15, 0.2) is 199 Å². The Kier molecular flexibility index (Phi) is 7.42. The van der Waals surface area contributed by atoms with Gasteiger partial charge in [-0.1, -0.05) is 152 Å². The monoisotopic (exact) mass is 716 g/mol. The highest BCUT2D eigenvalue weighted by molar-refractivity contribution is 6.13. The van der Waals surface area contributed by atoms with E-state index in [-0.39, 0.29) is 0 Å². The second-order valence-electron chi connectivity index (χ2n) is 14.0. The molecule has 0 bridgehead atoms. The van der Waals surface area contributed by atoms with Crippen LogP contribution in [0.5, 0.6) is 0 Å². The summed E-state index contributed by atoms with van der Waals surface area (Å²) < 4.78 is 9.23. The summed E-state index contributed by atoms with van der Waals surface area (Å²) in [4.78, 5) is 15.1. The van der Waals surface area contributed by atoms with E-state index in [1.54, 1.807) is 0 Å². The van der Waals surface area contributed by atoms with Crippen molar-refractivity contribution in [2.75, 3.05) is 0 Å². The number of benzene rings is 8. The topological polar surface area (TPSA) is 56.7 Å². The van der Waals surface area contributed by atoms with E-state index in [9.17, 15) is 0 Å². The molecule has 0 radical (unpaired) electrons. The molecule has 0 atom stereocenters. The van der Waals surface area contributed by atoms with Gasteiger partial charge in [-0.3, -0.25) is 0 Å². The van der Waals surface area contributed by atoms with Gasteiger partial charge in [0.15, 0.2) is 17.5 Å². The van der Waals surface area contributed by atoms with Crippen LogP contribution in [0.4, 0.5) is 0 Å². The van der Waals surface area contributed by atoms with Crippen molar-refractivity contribution < 1.29 is 4.42 Å². The number of nitrogens with zero attached hydrogens (tertiary/aromatic N) is 4. The van der Waals surface area contributed by atoms with E-state index in [1.165, 1.54) is 10.8 Å². The largest absolute Gasteiger partial charge is 0.455 e. The molecule has 3 aromatic heterocycles. The molecule has 5 nitrogen and oxygen atoms in total. The molecule has 5 heteroatoms. The molecular formula is C51H32N4O. The Balaban J connectivity index is 1.11. The lowest BCUT2D eigenvalue weighted by Crippen LogP contribution is -2.00. The van der Waals surface area contributed by atoms with Crippen LogP contribution in [0.25, 0.3) is 106 Å². The predicted octanol–water partition coefficient (Wildman–Crippen LogP) is 13.2. The minimum absolute atomic E-state index is 0.579. The third-order valence-corrected chi connectivity index (χ3v) is 10.6. The summed E-state index contributed by atoms with van der Waals surface area (Å²) in [5.41, 5.74) is 12.1. The Morgan fingerprint density at radius 3 is 1.52 bits per heavy atom. The maximum Gasteiger partial charge on any atom is 0.164 e. The van der Waals surface area contributed by atoms with Crippen LogP contribution in [0.2, 0.25) is 0 Å². The van der Waals surface area contributed by atoms with Crippen LogP contribution >= 0.6 is 0 Å². The lowest BCUT2D eigenvalue weighted by atomic mass is 10.0. The quantitative estimate of drug-likeness (QED) is 0.172. The molecule has 0 aliphatic carbocycles. The molecule has 56 heavy (non-hydrogen) atoms. The van der Waals surface area contributed by atoms with E-state index in [2.05, 4.69) is 156 Å². The maximum absolute atomic E-state index is 6.86. The Bertz CT molecular complexity index is 3190. The number of hydrogen-bond donors (Lipinski definition) is 0. The molecule has 3 heterocycles. The van der Waals surface area contributed by atoms with Crippen molar-refractivity contribution in [1.82, 2.24) is 19.5 Å². The zero-order valence-electron chi connectivity index (χ0n) is 30.2. The molecule has 11 aromatic rings. The molecule has 0 spiro atoms. The first-order chi connectivity index (χ1) is 27.7. The molecule has 8 aromatic carbocycles. The smallest absolute Gasteiger partial charge is 0.164 e. The van der Waals surface area contributed by atoms with Crippen LogP contribution in [0, 0.1) is 0 Å². The Hall–Kier alpha value is -7.63. The summed E-state index contributed by atoms with van der Waals surface area (Å²) >= 11 is 0. The first-order valence-corrected chi connectivity index (χ1v) is 18.8. The number of furan rings is 1. The SMILES string of the molecule is c1ccc(-c2cccc(-c3nc(-c4ccccc4)nc(-c4ccc5c(c4)oc4c(-c6ccccc6)cc(-n6c7ccccc7c7ccccc76)cc45)n3)c2)cc1. The van der Waals surface area contributed by atoms with Gasteiger partial charge in [-0.15, -0.1) is 0 Å². The van der Waals surface area contributed by atoms with Crippen molar-refractivity contribution in [3.05, 3.63) is 194 Å². The molecule has 262 valence electrons. The highest BCUT2D eigenvalue weighted by atomic mass is 16.3. The van der Waals surface area contributed by atoms with Gasteiger partial charge >= 0.3 is 0 Å². The van der Waals surface area contributed by atoms with Crippen molar-refractivity contribution in [3.63, 3.8) is 0 Å². The van der Waals surface area contributed by atoms with E-state index in [4.69, 9.17) is 19.4 Å². The van der Waals surface area contributed by atoms with Gasteiger partial charge in [0.1, 0.15) is 11.2 Å². The molecular weight excluding hydrogens is 685 g/mol. The van der Waals surface area contributed by atoms with Gasteiger partial charge in [-0.05, 0) is 59.2 Å². The zero-order chi connectivity index (χ0) is 37.0. The van der Waals surface area contributed by atoms with Crippen LogP contribution < -0.4 is 0 Å². The number of rotatable bonds is 6. The third kappa shape index (κ3) is 5.37. The fourth-order valence-corrected chi connectivity index (χ4v) is 7.98. The van der Waals surface area contributed by atoms with Crippen LogP contribution in [0.1, 0.15) is 0 Å². The lowest BCUT2D eigenvalue weighted by molar-refractivity contribution is 0.670. The number of fused-ring (bicyclic) bond motifs is 6. The van der Waals surface area contributed by atoms with Crippen molar-refractivity contribution in [1.29, 1.82) is 0 Å². The second-order valence-corrected chi connectivity index (χ2v) is 14.0. The summed E-state index contributed by atoms with van der Waals surface area (Å²) in [6.07, 6.45) is 0. The minimum Gasteiger partial charge on any atom is -0.455 e. The van der Waals surface area contributed by atoms with Gasteiger partial charge in [0.2, 0.25) is 0 Å². The highest BCUT2D eigenvalue weighted by Crippen LogP contribution is 2.41. The average Bonchev–Trinajstić information content (AvgIpc) is 3.82. The first kappa shape index (κ1) is 31.9. The molecule has 0 aliphatic rings. The molecule has 0 saturated heterocycles. The number of para-hydroxylation sites is 2. The van der Waals surface area contributed by atoms with Gasteiger partial charge in [0.25, 0.3) is 0 Å². The summed E-state index contributed by atoms with van der Waals surface area (Å²) in [7, 11) is 0. The van der Waals surface area contributed by atoms with Crippen LogP contribution in [-0.4, -0.2) is 19.5 Å². The number of aromatic nitrogens is 4. The molecule has 0 fully saturated rings. The lowest BCUT2D eigenvalue weighted by Gasteiger charge is -2.11. The Morgan fingerprint density at radius 1 is 0.339 bits per heavy atom. The van der Waals surface area contributed by atoms with Crippen molar-refractivity contribution in [2.24, 2.45) is 0 Å². The minimum atomic E-state index is 0.579. The van der Waals surface area contributed by atoms with Gasteiger partial charge in [0, 0.05) is 49.5 Å². The zero-order valence-corrected chi connectivity index (χ0v) is 30.2. The molecule has 0 unspecified atom stereocenters.